The van der Waals surface area contributed by atoms with E-state index in [-0.39, 0.29) is 18.6 Å². The number of benzene rings is 2. The van der Waals surface area contributed by atoms with Crippen molar-refractivity contribution in [1.29, 1.82) is 0 Å². The second-order valence-corrected chi connectivity index (χ2v) is 6.57. The zero-order chi connectivity index (χ0) is 17.9. The summed E-state index contributed by atoms with van der Waals surface area (Å²) in [5.41, 5.74) is 3.01. The lowest BCUT2D eigenvalue weighted by Gasteiger charge is -2.41. The minimum absolute atomic E-state index is 0.0466. The van der Waals surface area contributed by atoms with Crippen molar-refractivity contribution in [2.75, 3.05) is 19.8 Å². The minimum Gasteiger partial charge on any atom is -0.394 e. The predicted octanol–water partition coefficient (Wildman–Crippen LogP) is 2.67. The van der Waals surface area contributed by atoms with Crippen LogP contribution in [0.15, 0.2) is 60.8 Å². The fourth-order valence-electron chi connectivity index (χ4n) is 3.75. The summed E-state index contributed by atoms with van der Waals surface area (Å²) in [6, 6.07) is 17.5. The van der Waals surface area contributed by atoms with Crippen molar-refractivity contribution < 1.29 is 14.6 Å². The summed E-state index contributed by atoms with van der Waals surface area (Å²) in [4.78, 5) is 18.2. The van der Waals surface area contributed by atoms with Crippen molar-refractivity contribution in [3.63, 3.8) is 0 Å². The standard InChI is InChI=1S/C21H22N2O3/c24-14-19-21(15-6-2-1-3-7-15)23(10-11-26-19)20(25)12-16-13-22-18-9-5-4-8-17(16)18/h1-9,13,19,21-22,24H,10-12,14H2/t19-,21-/m1/s1. The summed E-state index contributed by atoms with van der Waals surface area (Å²) in [6.45, 7) is 0.849. The van der Waals surface area contributed by atoms with Gasteiger partial charge in [-0.1, -0.05) is 48.5 Å². The molecule has 1 aliphatic rings. The number of rotatable bonds is 4. The molecule has 1 aromatic heterocycles. The molecule has 1 saturated heterocycles. The van der Waals surface area contributed by atoms with Crippen LogP contribution < -0.4 is 0 Å². The molecule has 134 valence electrons. The zero-order valence-corrected chi connectivity index (χ0v) is 14.5. The van der Waals surface area contributed by atoms with Crippen LogP contribution in [0.2, 0.25) is 0 Å². The number of hydrogen-bond donors (Lipinski definition) is 2. The molecular formula is C21H22N2O3. The maximum atomic E-state index is 13.1. The van der Waals surface area contributed by atoms with Gasteiger partial charge >= 0.3 is 0 Å². The third kappa shape index (κ3) is 3.11. The van der Waals surface area contributed by atoms with Gasteiger partial charge in [-0.3, -0.25) is 4.79 Å². The highest BCUT2D eigenvalue weighted by Gasteiger charge is 2.36. The molecule has 0 saturated carbocycles. The van der Waals surface area contributed by atoms with Crippen molar-refractivity contribution in [2.24, 2.45) is 0 Å². The maximum absolute atomic E-state index is 13.1. The Balaban J connectivity index is 1.62. The molecule has 2 heterocycles. The number of aromatic nitrogens is 1. The van der Waals surface area contributed by atoms with Crippen molar-refractivity contribution in [3.05, 3.63) is 71.9 Å². The summed E-state index contributed by atoms with van der Waals surface area (Å²) in [7, 11) is 0. The second kappa shape index (κ2) is 7.32. The molecule has 1 fully saturated rings. The normalized spacial score (nSPS) is 20.4. The van der Waals surface area contributed by atoms with Gasteiger partial charge in [-0.2, -0.15) is 0 Å². The number of nitrogens with zero attached hydrogens (tertiary/aromatic N) is 1. The number of hydrogen-bond acceptors (Lipinski definition) is 3. The topological polar surface area (TPSA) is 65.6 Å². The van der Waals surface area contributed by atoms with Gasteiger partial charge in [0.25, 0.3) is 0 Å². The fourth-order valence-corrected chi connectivity index (χ4v) is 3.75. The van der Waals surface area contributed by atoms with Gasteiger partial charge in [-0.25, -0.2) is 0 Å². The first kappa shape index (κ1) is 16.8. The first-order valence-electron chi connectivity index (χ1n) is 8.90. The van der Waals surface area contributed by atoms with Gasteiger partial charge < -0.3 is 19.7 Å². The molecule has 0 radical (unpaired) electrons. The Morgan fingerprint density at radius 1 is 1.15 bits per heavy atom. The third-order valence-corrected chi connectivity index (χ3v) is 5.01. The second-order valence-electron chi connectivity index (χ2n) is 6.57. The Bertz CT molecular complexity index is 890. The predicted molar refractivity (Wildman–Crippen MR) is 99.7 cm³/mol. The number of aromatic amines is 1. The van der Waals surface area contributed by atoms with Crippen LogP contribution in [0.25, 0.3) is 10.9 Å². The molecule has 0 bridgehead atoms. The Morgan fingerprint density at radius 3 is 2.73 bits per heavy atom. The molecule has 0 unspecified atom stereocenters. The number of nitrogens with one attached hydrogen (secondary N) is 1. The van der Waals surface area contributed by atoms with Gasteiger partial charge in [0, 0.05) is 23.6 Å². The average molecular weight is 350 g/mol. The lowest BCUT2D eigenvalue weighted by Crippen LogP contribution is -2.49. The zero-order valence-electron chi connectivity index (χ0n) is 14.5. The summed E-state index contributed by atoms with van der Waals surface area (Å²) < 4.78 is 5.73. The van der Waals surface area contributed by atoms with Crippen molar-refractivity contribution in [1.82, 2.24) is 9.88 Å². The number of carbonyl (C=O) groups is 1. The maximum Gasteiger partial charge on any atom is 0.227 e. The monoisotopic (exact) mass is 350 g/mol. The molecular weight excluding hydrogens is 328 g/mol. The number of fused-ring (bicyclic) bond motifs is 1. The van der Waals surface area contributed by atoms with E-state index in [2.05, 4.69) is 4.98 Å². The molecule has 1 amide bonds. The van der Waals surface area contributed by atoms with E-state index in [0.29, 0.717) is 19.6 Å². The number of ether oxygens (including phenoxy) is 1. The number of H-pyrrole nitrogens is 1. The van der Waals surface area contributed by atoms with Gasteiger partial charge in [0.15, 0.2) is 0 Å². The number of aliphatic hydroxyl groups is 1. The number of aliphatic hydroxyl groups excluding tert-OH is 1. The van der Waals surface area contributed by atoms with Gasteiger partial charge in [-0.15, -0.1) is 0 Å². The molecule has 5 nitrogen and oxygen atoms in total. The highest BCUT2D eigenvalue weighted by atomic mass is 16.5. The Kier molecular flexibility index (Phi) is 4.73. The summed E-state index contributed by atoms with van der Waals surface area (Å²) in [5.74, 6) is 0.0466. The molecule has 2 aromatic carbocycles. The Hall–Kier alpha value is -2.63. The summed E-state index contributed by atoms with van der Waals surface area (Å²) in [5, 5.41) is 10.8. The van der Waals surface area contributed by atoms with E-state index < -0.39 is 6.10 Å². The molecule has 26 heavy (non-hydrogen) atoms. The summed E-state index contributed by atoms with van der Waals surface area (Å²) in [6.07, 6.45) is 1.83. The highest BCUT2D eigenvalue weighted by molar-refractivity contribution is 5.89. The van der Waals surface area contributed by atoms with Gasteiger partial charge in [0.1, 0.15) is 6.10 Å². The van der Waals surface area contributed by atoms with E-state index in [4.69, 9.17) is 4.74 Å². The summed E-state index contributed by atoms with van der Waals surface area (Å²) >= 11 is 0. The SMILES string of the molecule is O=C(Cc1c[nH]c2ccccc12)N1CCO[C@H](CO)[C@H]1c1ccccc1. The van der Waals surface area contributed by atoms with Crippen molar-refractivity contribution in [2.45, 2.75) is 18.6 Å². The molecule has 2 atom stereocenters. The van der Waals surface area contributed by atoms with Gasteiger partial charge in [0.2, 0.25) is 5.91 Å². The van der Waals surface area contributed by atoms with Crippen LogP contribution in [0.4, 0.5) is 0 Å². The van der Waals surface area contributed by atoms with E-state index in [1.54, 1.807) is 0 Å². The van der Waals surface area contributed by atoms with Crippen LogP contribution in [-0.2, 0) is 16.0 Å². The lowest BCUT2D eigenvalue weighted by atomic mass is 9.97. The lowest BCUT2D eigenvalue weighted by molar-refractivity contribution is -0.149. The van der Waals surface area contributed by atoms with Crippen LogP contribution in [0, 0.1) is 0 Å². The van der Waals surface area contributed by atoms with E-state index in [9.17, 15) is 9.90 Å². The van der Waals surface area contributed by atoms with Crippen LogP contribution >= 0.6 is 0 Å². The first-order valence-corrected chi connectivity index (χ1v) is 8.90. The molecule has 1 aliphatic heterocycles. The number of morpholine rings is 1. The van der Waals surface area contributed by atoms with Crippen LogP contribution in [-0.4, -0.2) is 46.8 Å². The minimum atomic E-state index is -0.405. The largest absolute Gasteiger partial charge is 0.394 e. The molecule has 0 spiro atoms. The first-order chi connectivity index (χ1) is 12.8. The Labute approximate surface area is 152 Å². The Morgan fingerprint density at radius 2 is 1.92 bits per heavy atom. The average Bonchev–Trinajstić information content (AvgIpc) is 3.11. The van der Waals surface area contributed by atoms with E-state index in [0.717, 1.165) is 22.0 Å². The smallest absolute Gasteiger partial charge is 0.227 e. The number of amides is 1. The van der Waals surface area contributed by atoms with Crippen LogP contribution in [0.1, 0.15) is 17.2 Å². The van der Waals surface area contributed by atoms with Crippen LogP contribution in [0.5, 0.6) is 0 Å². The van der Waals surface area contributed by atoms with Crippen LogP contribution in [0.3, 0.4) is 0 Å². The third-order valence-electron chi connectivity index (χ3n) is 5.01. The van der Waals surface area contributed by atoms with Gasteiger partial charge in [0.05, 0.1) is 25.7 Å². The molecule has 2 N–H and O–H groups in total. The van der Waals surface area contributed by atoms with E-state index >= 15 is 0 Å². The molecule has 4 rings (SSSR count). The van der Waals surface area contributed by atoms with Gasteiger partial charge in [-0.05, 0) is 17.2 Å². The van der Waals surface area contributed by atoms with E-state index in [1.807, 2.05) is 65.7 Å². The highest BCUT2D eigenvalue weighted by Crippen LogP contribution is 2.30. The van der Waals surface area contributed by atoms with E-state index in [1.165, 1.54) is 0 Å². The van der Waals surface area contributed by atoms with Crippen molar-refractivity contribution >= 4 is 16.8 Å². The number of para-hydroxylation sites is 1. The molecule has 5 heteroatoms. The molecule has 3 aromatic rings. The quantitative estimate of drug-likeness (QED) is 0.760. The van der Waals surface area contributed by atoms with Crippen molar-refractivity contribution in [3.8, 4) is 0 Å². The number of carbonyl (C=O) groups excluding carboxylic acids is 1. The molecule has 0 aliphatic carbocycles. The fraction of sp³-hybridized carbons (Fsp3) is 0.286.